The van der Waals surface area contributed by atoms with Gasteiger partial charge in [0.05, 0.1) is 41.9 Å². The van der Waals surface area contributed by atoms with Gasteiger partial charge in [-0.1, -0.05) is 12.1 Å². The molecule has 3 atom stereocenters. The Hall–Kier alpha value is -4.56. The summed E-state index contributed by atoms with van der Waals surface area (Å²) in [6, 6.07) is 12.4. The van der Waals surface area contributed by atoms with Crippen LogP contribution in [0.4, 0.5) is 4.39 Å². The van der Waals surface area contributed by atoms with Crippen molar-refractivity contribution >= 4 is 11.8 Å². The van der Waals surface area contributed by atoms with E-state index in [-0.39, 0.29) is 17.7 Å². The number of aryl methyl sites for hydroxylation is 2. The number of nitrogens with one attached hydrogen (secondary N) is 2. The Balaban J connectivity index is 1.51. The van der Waals surface area contributed by atoms with Crippen LogP contribution in [0.5, 0.6) is 11.5 Å². The Labute approximate surface area is 230 Å². The molecule has 3 aromatic rings. The summed E-state index contributed by atoms with van der Waals surface area (Å²) < 4.78 is 19.7. The number of nitriles is 1. The number of carbonyl (C=O) groups excluding carboxylic acids is 2. The monoisotopic (exact) mass is 547 g/mol. The molecule has 4 rings (SSSR count). The zero-order chi connectivity index (χ0) is 29.2. The third-order valence-corrected chi connectivity index (χ3v) is 7.02. The molecule has 2 amide bonds. The summed E-state index contributed by atoms with van der Waals surface area (Å²) in [6.45, 7) is 6.36. The first-order valence-electron chi connectivity index (χ1n) is 12.7. The first kappa shape index (κ1) is 28.4. The van der Waals surface area contributed by atoms with E-state index in [9.17, 15) is 29.1 Å². The highest BCUT2D eigenvalue weighted by molar-refractivity contribution is 5.97. The number of amides is 2. The molecule has 11 heteroatoms. The molecule has 1 saturated heterocycles. The van der Waals surface area contributed by atoms with Gasteiger partial charge in [0.15, 0.2) is 5.75 Å². The summed E-state index contributed by atoms with van der Waals surface area (Å²) in [7, 11) is 0. The van der Waals surface area contributed by atoms with Crippen LogP contribution in [0, 0.1) is 36.4 Å². The van der Waals surface area contributed by atoms with E-state index in [1.54, 1.807) is 45.9 Å². The van der Waals surface area contributed by atoms with Crippen LogP contribution in [-0.4, -0.2) is 50.7 Å². The van der Waals surface area contributed by atoms with E-state index < -0.39 is 53.3 Å². The highest BCUT2D eigenvalue weighted by Crippen LogP contribution is 2.43. The molecule has 0 saturated carbocycles. The normalized spacial score (nSPS) is 18.7. The van der Waals surface area contributed by atoms with E-state index in [1.165, 1.54) is 35.2 Å². The van der Waals surface area contributed by atoms with Crippen LogP contribution in [-0.2, 0) is 4.79 Å². The highest BCUT2D eigenvalue weighted by atomic mass is 19.1. The van der Waals surface area contributed by atoms with Crippen molar-refractivity contribution in [3.05, 3.63) is 87.1 Å². The van der Waals surface area contributed by atoms with Crippen LogP contribution in [0.1, 0.15) is 53.5 Å². The fraction of sp³-hybridized carbons (Fsp3) is 0.345. The molecular weight excluding hydrogens is 517 g/mol. The third kappa shape index (κ3) is 5.87. The number of hydrogen-bond donors (Lipinski definition) is 3. The summed E-state index contributed by atoms with van der Waals surface area (Å²) >= 11 is 0. The number of aromatic amines is 1. The van der Waals surface area contributed by atoms with Crippen LogP contribution >= 0.6 is 0 Å². The maximum atomic E-state index is 14.0. The Bertz CT molecular complexity index is 1550. The van der Waals surface area contributed by atoms with Gasteiger partial charge in [-0.15, -0.1) is 0 Å². The SMILES string of the molecule is Cc1cc(Oc2ccc(C(=O)NCC(=O)N3C(C(C)(C)C#N)C[C@@H](O)[C@H]3c3cccc(F)c3)cc2C)c(=O)[nH]n1. The molecule has 3 N–H and O–H groups in total. The average Bonchev–Trinajstić information content (AvgIpc) is 3.28. The van der Waals surface area contributed by atoms with Crippen molar-refractivity contribution in [1.82, 2.24) is 20.4 Å². The molecular formula is C29H30FN5O5. The first-order chi connectivity index (χ1) is 18.9. The van der Waals surface area contributed by atoms with Crippen molar-refractivity contribution in [3.8, 4) is 17.6 Å². The molecule has 0 aliphatic carbocycles. The zero-order valence-corrected chi connectivity index (χ0v) is 22.6. The number of aliphatic hydroxyl groups excluding tert-OH is 1. The van der Waals surface area contributed by atoms with Crippen molar-refractivity contribution < 1.29 is 23.8 Å². The van der Waals surface area contributed by atoms with Crippen molar-refractivity contribution in [2.75, 3.05) is 6.54 Å². The number of aliphatic hydroxyl groups is 1. The summed E-state index contributed by atoms with van der Waals surface area (Å²) in [6.07, 6.45) is -0.896. The number of hydrogen-bond acceptors (Lipinski definition) is 7. The van der Waals surface area contributed by atoms with Crippen molar-refractivity contribution in [2.24, 2.45) is 5.41 Å². The van der Waals surface area contributed by atoms with E-state index in [1.807, 2.05) is 0 Å². The third-order valence-electron chi connectivity index (χ3n) is 7.02. The number of H-pyrrole nitrogens is 1. The van der Waals surface area contributed by atoms with E-state index in [0.29, 0.717) is 22.6 Å². The molecule has 2 heterocycles. The fourth-order valence-corrected chi connectivity index (χ4v) is 4.90. The second-order valence-corrected chi connectivity index (χ2v) is 10.4. The Kier molecular flexibility index (Phi) is 8.02. The zero-order valence-electron chi connectivity index (χ0n) is 22.6. The maximum absolute atomic E-state index is 14.0. The van der Waals surface area contributed by atoms with Gasteiger partial charge in [0.1, 0.15) is 11.6 Å². The van der Waals surface area contributed by atoms with E-state index in [4.69, 9.17) is 4.74 Å². The molecule has 1 aliphatic rings. The van der Waals surface area contributed by atoms with Gasteiger partial charge in [0.25, 0.3) is 5.91 Å². The number of nitrogens with zero attached hydrogens (tertiary/aromatic N) is 3. The summed E-state index contributed by atoms with van der Waals surface area (Å²) in [5.41, 5.74) is 0.306. The van der Waals surface area contributed by atoms with Gasteiger partial charge in [0, 0.05) is 11.6 Å². The van der Waals surface area contributed by atoms with Gasteiger partial charge in [-0.2, -0.15) is 10.4 Å². The van der Waals surface area contributed by atoms with Crippen LogP contribution in [0.2, 0.25) is 0 Å². The van der Waals surface area contributed by atoms with E-state index in [2.05, 4.69) is 21.6 Å². The van der Waals surface area contributed by atoms with E-state index >= 15 is 0 Å². The molecule has 1 unspecified atom stereocenters. The highest BCUT2D eigenvalue weighted by Gasteiger charge is 2.50. The second-order valence-electron chi connectivity index (χ2n) is 10.4. The number of rotatable bonds is 7. The molecule has 0 spiro atoms. The number of aromatic nitrogens is 2. The molecule has 1 aromatic heterocycles. The number of likely N-dealkylation sites (tertiary alicyclic amines) is 1. The maximum Gasteiger partial charge on any atom is 0.307 e. The van der Waals surface area contributed by atoms with Crippen molar-refractivity contribution in [1.29, 1.82) is 5.26 Å². The van der Waals surface area contributed by atoms with Gasteiger partial charge in [-0.05, 0) is 75.6 Å². The summed E-state index contributed by atoms with van der Waals surface area (Å²) in [4.78, 5) is 39.8. The van der Waals surface area contributed by atoms with Gasteiger partial charge >= 0.3 is 5.56 Å². The molecule has 1 fully saturated rings. The van der Waals surface area contributed by atoms with Gasteiger partial charge in [-0.3, -0.25) is 14.4 Å². The Morgan fingerprint density at radius 3 is 2.65 bits per heavy atom. The summed E-state index contributed by atoms with van der Waals surface area (Å²) in [5, 5.41) is 29.4. The minimum Gasteiger partial charge on any atom is -0.451 e. The molecule has 40 heavy (non-hydrogen) atoms. The molecule has 0 radical (unpaired) electrons. The lowest BCUT2D eigenvalue weighted by atomic mass is 9.84. The lowest BCUT2D eigenvalue weighted by Gasteiger charge is -2.36. The molecule has 1 aliphatic heterocycles. The van der Waals surface area contributed by atoms with Gasteiger partial charge < -0.3 is 20.1 Å². The smallest absolute Gasteiger partial charge is 0.307 e. The number of benzene rings is 2. The number of ether oxygens (including phenoxy) is 1. The van der Waals surface area contributed by atoms with Crippen molar-refractivity contribution in [2.45, 2.75) is 52.3 Å². The van der Waals surface area contributed by atoms with Crippen LogP contribution in [0.15, 0.2) is 53.3 Å². The lowest BCUT2D eigenvalue weighted by Crippen LogP contribution is -2.48. The fourth-order valence-electron chi connectivity index (χ4n) is 4.90. The average molecular weight is 548 g/mol. The molecule has 10 nitrogen and oxygen atoms in total. The largest absolute Gasteiger partial charge is 0.451 e. The molecule has 2 aromatic carbocycles. The van der Waals surface area contributed by atoms with Crippen LogP contribution < -0.4 is 15.6 Å². The molecule has 0 bridgehead atoms. The minimum absolute atomic E-state index is 0.0638. The summed E-state index contributed by atoms with van der Waals surface area (Å²) in [5.74, 6) is -1.13. The molecule has 208 valence electrons. The van der Waals surface area contributed by atoms with Crippen LogP contribution in [0.25, 0.3) is 0 Å². The standard InChI is InChI=1S/C29H30FN5O5/c1-16-10-19(8-9-22(16)40-23-11-17(2)33-34-28(23)39)27(38)32-14-25(37)35-24(29(3,4)15-31)13-21(36)26(35)18-6-5-7-20(30)12-18/h5-12,21,24,26,36H,13-14H2,1-4H3,(H,32,38)(H,34,39)/t21-,24?,26-/m1/s1. The van der Waals surface area contributed by atoms with Crippen LogP contribution in [0.3, 0.4) is 0 Å². The predicted molar refractivity (Wildman–Crippen MR) is 143 cm³/mol. The van der Waals surface area contributed by atoms with Gasteiger partial charge in [0.2, 0.25) is 5.91 Å². The first-order valence-corrected chi connectivity index (χ1v) is 12.7. The number of carbonyl (C=O) groups is 2. The Morgan fingerprint density at radius 1 is 1.23 bits per heavy atom. The quantitative estimate of drug-likeness (QED) is 0.411. The minimum atomic E-state index is -1.02. The predicted octanol–water partition coefficient (Wildman–Crippen LogP) is 3.30. The lowest BCUT2D eigenvalue weighted by molar-refractivity contribution is -0.135. The second kappa shape index (κ2) is 11.3. The van der Waals surface area contributed by atoms with E-state index in [0.717, 1.165) is 0 Å². The van der Waals surface area contributed by atoms with Gasteiger partial charge in [-0.25, -0.2) is 9.49 Å². The van der Waals surface area contributed by atoms with Crippen molar-refractivity contribution in [3.63, 3.8) is 0 Å². The number of halogens is 1. The topological polar surface area (TPSA) is 148 Å². The Morgan fingerprint density at radius 2 is 1.98 bits per heavy atom.